The van der Waals surface area contributed by atoms with Crippen molar-refractivity contribution in [3.05, 3.63) is 66.2 Å². The van der Waals surface area contributed by atoms with Gasteiger partial charge in [0.1, 0.15) is 21.5 Å². The average molecular weight is 382 g/mol. The van der Waals surface area contributed by atoms with Gasteiger partial charge in [-0.25, -0.2) is 17.9 Å². The van der Waals surface area contributed by atoms with Gasteiger partial charge >= 0.3 is 0 Å². The van der Waals surface area contributed by atoms with Crippen LogP contribution < -0.4 is 4.90 Å². The minimum absolute atomic E-state index is 0.178. The van der Waals surface area contributed by atoms with Crippen LogP contribution in [0.3, 0.4) is 0 Å². The van der Waals surface area contributed by atoms with Crippen molar-refractivity contribution in [1.82, 2.24) is 0 Å². The quantitative estimate of drug-likeness (QED) is 0.473. The molecule has 140 valence electrons. The zero-order valence-corrected chi connectivity index (χ0v) is 16.6. The highest BCUT2D eigenvalue weighted by molar-refractivity contribution is 7.85. The Hall–Kier alpha value is -2.70. The van der Waals surface area contributed by atoms with Gasteiger partial charge in [0.15, 0.2) is 0 Å². The highest BCUT2D eigenvalue weighted by Crippen LogP contribution is 2.36. The molecule has 5 nitrogen and oxygen atoms in total. The summed E-state index contributed by atoms with van der Waals surface area (Å²) in [5.74, 6) is 1.26. The van der Waals surface area contributed by atoms with Gasteiger partial charge in [0.25, 0.3) is 5.84 Å². The number of amidine groups is 1. The molecule has 0 spiro atoms. The van der Waals surface area contributed by atoms with Crippen LogP contribution in [0.4, 0.5) is 11.4 Å². The predicted molar refractivity (Wildman–Crippen MR) is 108 cm³/mol. The first kappa shape index (κ1) is 19.1. The van der Waals surface area contributed by atoms with Crippen LogP contribution in [0.25, 0.3) is 10.8 Å². The highest BCUT2D eigenvalue weighted by atomic mass is 32.2. The van der Waals surface area contributed by atoms with E-state index in [4.69, 9.17) is 0 Å². The Kier molecular flexibility index (Phi) is 5.04. The molecule has 0 bridgehead atoms. The Morgan fingerprint density at radius 3 is 2.11 bits per heavy atom. The molecule has 0 aromatic heterocycles. The van der Waals surface area contributed by atoms with Crippen molar-refractivity contribution >= 4 is 38.1 Å². The van der Waals surface area contributed by atoms with Crippen molar-refractivity contribution in [2.45, 2.75) is 18.7 Å². The number of hydrogen-bond donors (Lipinski definition) is 0. The summed E-state index contributed by atoms with van der Waals surface area (Å²) in [6.07, 6.45) is 0. The maximum absolute atomic E-state index is 10.4. The van der Waals surface area contributed by atoms with E-state index >= 15 is 0 Å². The van der Waals surface area contributed by atoms with E-state index in [1.807, 2.05) is 6.92 Å². The predicted octanol–water partition coefficient (Wildman–Crippen LogP) is 3.88. The summed E-state index contributed by atoms with van der Waals surface area (Å²) in [6.45, 7) is 3.97. The molecular weight excluding hydrogens is 360 g/mol. The first-order valence-corrected chi connectivity index (χ1v) is 9.96. The Bertz CT molecular complexity index is 1130. The molecule has 27 heavy (non-hydrogen) atoms. The topological polar surface area (TPSA) is 63.5 Å². The van der Waals surface area contributed by atoms with Crippen LogP contribution in [0.15, 0.2) is 65.6 Å². The molecule has 0 fully saturated rings. The normalized spacial score (nSPS) is 13.4. The lowest BCUT2D eigenvalue weighted by atomic mass is 10.0. The van der Waals surface area contributed by atoms with E-state index < -0.39 is 10.1 Å². The number of aryl methyl sites for hydroxylation is 1. The fourth-order valence-electron chi connectivity index (χ4n) is 3.14. The van der Waals surface area contributed by atoms with E-state index in [0.29, 0.717) is 0 Å². The minimum atomic E-state index is -4.27. The number of rotatable bonds is 1. The van der Waals surface area contributed by atoms with Crippen LogP contribution in [0.1, 0.15) is 12.5 Å². The maximum Gasteiger partial charge on any atom is 0.253 e. The summed E-state index contributed by atoms with van der Waals surface area (Å²) < 4.78 is 33.4. The van der Waals surface area contributed by atoms with Crippen LogP contribution >= 0.6 is 0 Å². The largest absolute Gasteiger partial charge is 0.744 e. The Morgan fingerprint density at radius 1 is 0.926 bits per heavy atom. The molecule has 0 unspecified atom stereocenters. The molecular formula is C21H22N2O3S. The molecule has 0 saturated carbocycles. The number of anilines is 1. The monoisotopic (exact) mass is 382 g/mol. The second-order valence-electron chi connectivity index (χ2n) is 6.58. The van der Waals surface area contributed by atoms with E-state index in [1.165, 1.54) is 40.1 Å². The van der Waals surface area contributed by atoms with Crippen molar-refractivity contribution in [3.63, 3.8) is 0 Å². The van der Waals surface area contributed by atoms with Gasteiger partial charge in [-0.1, -0.05) is 42.0 Å². The summed E-state index contributed by atoms with van der Waals surface area (Å²) in [5, 5.41) is 2.65. The minimum Gasteiger partial charge on any atom is -0.744 e. The lowest BCUT2D eigenvalue weighted by Crippen LogP contribution is -2.32. The summed E-state index contributed by atoms with van der Waals surface area (Å²) >= 11 is 0. The average Bonchev–Trinajstić information content (AvgIpc) is 2.64. The highest BCUT2D eigenvalue weighted by Gasteiger charge is 2.26. The molecule has 0 radical (unpaired) electrons. The SMILES string of the molecule is CC1=[N+](C)c2cccc3cccc(c23)N1C.Cc1ccc(S(=O)(=O)[O-])cc1. The molecule has 3 aromatic rings. The standard InChI is InChI=1S/C14H15N2.C7H8O3S/c1-10-15(2)12-8-4-6-11-7-5-9-13(14(11)12)16(10)3;1-6-2-4-7(5-3-6)11(8,9)10/h4-9H,1-3H3;2-5H,1H3,(H,8,9,10)/q+1;/p-1. The van der Waals surface area contributed by atoms with Gasteiger partial charge in [0, 0.05) is 6.92 Å². The van der Waals surface area contributed by atoms with E-state index in [9.17, 15) is 13.0 Å². The van der Waals surface area contributed by atoms with Gasteiger partial charge in [-0.3, -0.25) is 0 Å². The molecule has 0 amide bonds. The first-order valence-electron chi connectivity index (χ1n) is 8.55. The summed E-state index contributed by atoms with van der Waals surface area (Å²) in [4.78, 5) is 2.07. The maximum atomic E-state index is 10.4. The van der Waals surface area contributed by atoms with E-state index in [2.05, 4.69) is 66.9 Å². The van der Waals surface area contributed by atoms with E-state index in [0.717, 1.165) is 5.56 Å². The molecule has 0 atom stereocenters. The van der Waals surface area contributed by atoms with Crippen molar-refractivity contribution in [2.24, 2.45) is 0 Å². The van der Waals surface area contributed by atoms with Crippen LogP contribution in [0.2, 0.25) is 0 Å². The van der Waals surface area contributed by atoms with Gasteiger partial charge in [0.05, 0.1) is 24.4 Å². The third kappa shape index (κ3) is 3.72. The van der Waals surface area contributed by atoms with Crippen molar-refractivity contribution in [2.75, 3.05) is 19.0 Å². The molecule has 4 rings (SSSR count). The Balaban J connectivity index is 0.000000168. The van der Waals surface area contributed by atoms with Crippen LogP contribution in [0.5, 0.6) is 0 Å². The van der Waals surface area contributed by atoms with E-state index in [1.54, 1.807) is 12.1 Å². The molecule has 1 aliphatic rings. The fraction of sp³-hybridized carbons (Fsp3) is 0.190. The number of hydrogen-bond acceptors (Lipinski definition) is 4. The van der Waals surface area contributed by atoms with Gasteiger partial charge in [-0.15, -0.1) is 0 Å². The van der Waals surface area contributed by atoms with Crippen molar-refractivity contribution in [3.8, 4) is 0 Å². The third-order valence-electron chi connectivity index (χ3n) is 4.86. The Labute approximate surface area is 159 Å². The van der Waals surface area contributed by atoms with Crippen LogP contribution in [-0.2, 0) is 10.1 Å². The lowest BCUT2D eigenvalue weighted by Gasteiger charge is -2.22. The molecule has 1 heterocycles. The zero-order valence-electron chi connectivity index (χ0n) is 15.8. The fourth-order valence-corrected chi connectivity index (χ4v) is 3.61. The molecule has 0 saturated heterocycles. The van der Waals surface area contributed by atoms with E-state index in [-0.39, 0.29) is 4.90 Å². The molecule has 0 aliphatic carbocycles. The van der Waals surface area contributed by atoms with Gasteiger partial charge in [-0.2, -0.15) is 0 Å². The van der Waals surface area contributed by atoms with Gasteiger partial charge in [-0.05, 0) is 36.6 Å². The molecule has 6 heteroatoms. The second-order valence-corrected chi connectivity index (χ2v) is 7.96. The van der Waals surface area contributed by atoms with Crippen LogP contribution in [0, 0.1) is 6.92 Å². The Morgan fingerprint density at radius 2 is 1.52 bits per heavy atom. The van der Waals surface area contributed by atoms with Crippen molar-refractivity contribution < 1.29 is 17.5 Å². The molecule has 1 aliphatic heterocycles. The summed E-state index contributed by atoms with van der Waals surface area (Å²) in [6, 6.07) is 18.7. The second kappa shape index (κ2) is 7.13. The first-order chi connectivity index (χ1) is 12.7. The summed E-state index contributed by atoms with van der Waals surface area (Å²) in [5.41, 5.74) is 3.52. The lowest BCUT2D eigenvalue weighted by molar-refractivity contribution is -0.405. The van der Waals surface area contributed by atoms with Gasteiger partial charge in [0.2, 0.25) is 0 Å². The number of nitrogens with zero attached hydrogens (tertiary/aromatic N) is 2. The third-order valence-corrected chi connectivity index (χ3v) is 5.71. The van der Waals surface area contributed by atoms with Crippen LogP contribution in [-0.4, -0.2) is 37.5 Å². The molecule has 0 N–H and O–H groups in total. The van der Waals surface area contributed by atoms with Crippen molar-refractivity contribution in [1.29, 1.82) is 0 Å². The number of benzene rings is 3. The summed E-state index contributed by atoms with van der Waals surface area (Å²) in [7, 11) is -0.0264. The van der Waals surface area contributed by atoms with Gasteiger partial charge < -0.3 is 4.55 Å². The molecule has 3 aromatic carbocycles. The zero-order chi connectivity index (χ0) is 19.8. The smallest absolute Gasteiger partial charge is 0.253 e.